The van der Waals surface area contributed by atoms with Crippen LogP contribution >= 0.6 is 11.6 Å². The summed E-state index contributed by atoms with van der Waals surface area (Å²) in [6, 6.07) is 14.2. The van der Waals surface area contributed by atoms with Crippen molar-refractivity contribution < 1.29 is 27.8 Å². The van der Waals surface area contributed by atoms with Gasteiger partial charge < -0.3 is 9.47 Å². The van der Waals surface area contributed by atoms with Crippen molar-refractivity contribution in [1.82, 2.24) is 0 Å². The van der Waals surface area contributed by atoms with Crippen LogP contribution in [-0.4, -0.2) is 19.2 Å². The lowest BCUT2D eigenvalue weighted by Gasteiger charge is -2.23. The number of benzene rings is 3. The van der Waals surface area contributed by atoms with E-state index in [1.165, 1.54) is 31.4 Å². The number of rotatable bonds is 5. The summed E-state index contributed by atoms with van der Waals surface area (Å²) in [5, 5.41) is -0.202. The molecule has 160 valence electrons. The fourth-order valence-corrected chi connectivity index (χ4v) is 2.94. The number of carbonyl (C=O) groups is 2. The first-order chi connectivity index (χ1) is 14.8. The van der Waals surface area contributed by atoms with E-state index in [0.717, 1.165) is 22.6 Å². The minimum Gasteiger partial charge on any atom is -0.465 e. The number of hydrogen-bond donors (Lipinski definition) is 0. The predicted octanol–water partition coefficient (Wildman–Crippen LogP) is 5.92. The molecule has 0 aliphatic rings. The molecular weight excluding hydrogens is 428 g/mol. The van der Waals surface area contributed by atoms with Crippen LogP contribution in [-0.2, 0) is 11.3 Å². The van der Waals surface area contributed by atoms with E-state index in [4.69, 9.17) is 16.3 Å². The molecule has 0 unspecified atom stereocenters. The molecule has 8 heteroatoms. The lowest BCUT2D eigenvalue weighted by molar-refractivity contribution is 0.0600. The van der Waals surface area contributed by atoms with Crippen LogP contribution in [0, 0.1) is 18.6 Å². The van der Waals surface area contributed by atoms with Gasteiger partial charge in [-0.1, -0.05) is 35.4 Å². The summed E-state index contributed by atoms with van der Waals surface area (Å²) in [5.74, 6) is -1.78. The molecule has 0 saturated carbocycles. The Balaban J connectivity index is 1.93. The van der Waals surface area contributed by atoms with Gasteiger partial charge >= 0.3 is 12.1 Å². The van der Waals surface area contributed by atoms with Gasteiger partial charge in [-0.3, -0.25) is 4.90 Å². The minimum absolute atomic E-state index is 0.0300. The maximum Gasteiger partial charge on any atom is 0.420 e. The maximum absolute atomic E-state index is 14.6. The highest BCUT2D eigenvalue weighted by atomic mass is 35.5. The summed E-state index contributed by atoms with van der Waals surface area (Å²) in [5.41, 5.74) is 1.33. The van der Waals surface area contributed by atoms with Gasteiger partial charge in [0.25, 0.3) is 0 Å². The summed E-state index contributed by atoms with van der Waals surface area (Å²) in [4.78, 5) is 25.6. The van der Waals surface area contributed by atoms with E-state index >= 15 is 0 Å². The Kier molecular flexibility index (Phi) is 6.87. The van der Waals surface area contributed by atoms with Gasteiger partial charge in [0.2, 0.25) is 0 Å². The fraction of sp³-hybridized carbons (Fsp3) is 0.130. The Bertz CT molecular complexity index is 1120. The first kappa shape index (κ1) is 22.2. The van der Waals surface area contributed by atoms with Crippen molar-refractivity contribution in [2.45, 2.75) is 13.5 Å². The first-order valence-corrected chi connectivity index (χ1v) is 9.54. The summed E-state index contributed by atoms with van der Waals surface area (Å²) in [6.07, 6.45) is -0.817. The van der Waals surface area contributed by atoms with E-state index in [9.17, 15) is 18.4 Å². The number of anilines is 1. The zero-order chi connectivity index (χ0) is 22.5. The van der Waals surface area contributed by atoms with Crippen molar-refractivity contribution in [2.24, 2.45) is 0 Å². The van der Waals surface area contributed by atoms with Gasteiger partial charge in [-0.05, 0) is 49.4 Å². The maximum atomic E-state index is 14.6. The second kappa shape index (κ2) is 9.57. The van der Waals surface area contributed by atoms with E-state index in [1.807, 2.05) is 6.92 Å². The third-order valence-electron chi connectivity index (χ3n) is 4.46. The van der Waals surface area contributed by atoms with Crippen molar-refractivity contribution in [2.75, 3.05) is 12.0 Å². The molecule has 0 spiro atoms. The molecule has 0 N–H and O–H groups in total. The topological polar surface area (TPSA) is 55.8 Å². The van der Waals surface area contributed by atoms with Gasteiger partial charge in [-0.2, -0.15) is 0 Å². The smallest absolute Gasteiger partial charge is 0.420 e. The van der Waals surface area contributed by atoms with Gasteiger partial charge in [-0.25, -0.2) is 18.4 Å². The van der Waals surface area contributed by atoms with Crippen LogP contribution in [0.15, 0.2) is 60.7 Å². The van der Waals surface area contributed by atoms with Crippen LogP contribution < -0.4 is 9.64 Å². The van der Waals surface area contributed by atoms with Crippen molar-refractivity contribution in [3.05, 3.63) is 94.0 Å². The van der Waals surface area contributed by atoms with Crippen molar-refractivity contribution >= 4 is 29.4 Å². The number of nitrogens with zero attached hydrogens (tertiary/aromatic N) is 1. The van der Waals surface area contributed by atoms with Crippen LogP contribution in [0.1, 0.15) is 21.5 Å². The van der Waals surface area contributed by atoms with Gasteiger partial charge in [-0.15, -0.1) is 0 Å². The molecule has 0 saturated heterocycles. The average Bonchev–Trinajstić information content (AvgIpc) is 2.75. The Morgan fingerprint density at radius 3 is 2.29 bits per heavy atom. The Hall–Kier alpha value is -3.45. The lowest BCUT2D eigenvalue weighted by Crippen LogP contribution is -2.33. The van der Waals surface area contributed by atoms with E-state index in [1.54, 1.807) is 24.3 Å². The molecule has 0 heterocycles. The van der Waals surface area contributed by atoms with Crippen LogP contribution in [0.25, 0.3) is 0 Å². The normalized spacial score (nSPS) is 10.5. The highest BCUT2D eigenvalue weighted by molar-refractivity contribution is 6.31. The number of carbonyl (C=O) groups excluding carboxylic acids is 2. The molecule has 0 bridgehead atoms. The van der Waals surface area contributed by atoms with E-state index in [2.05, 4.69) is 4.74 Å². The molecule has 3 aromatic carbocycles. The highest BCUT2D eigenvalue weighted by Crippen LogP contribution is 2.26. The number of esters is 1. The zero-order valence-corrected chi connectivity index (χ0v) is 17.5. The van der Waals surface area contributed by atoms with E-state index in [-0.39, 0.29) is 34.1 Å². The zero-order valence-electron chi connectivity index (χ0n) is 16.7. The summed E-state index contributed by atoms with van der Waals surface area (Å²) >= 11 is 5.87. The fourth-order valence-electron chi connectivity index (χ4n) is 2.77. The standard InChI is InChI=1S/C23H18ClF2NO4/c1-14-3-8-18(9-4-14)31-23(29)27(17-7-10-20(25)19(24)12-17)13-16-6-5-15(11-21(16)26)22(28)30-2/h3-12H,13H2,1-2H3. The van der Waals surface area contributed by atoms with Gasteiger partial charge in [0.05, 0.1) is 24.2 Å². The molecule has 3 rings (SSSR count). The molecule has 3 aromatic rings. The number of halogens is 3. The number of ether oxygens (including phenoxy) is 2. The first-order valence-electron chi connectivity index (χ1n) is 9.16. The highest BCUT2D eigenvalue weighted by Gasteiger charge is 2.22. The summed E-state index contributed by atoms with van der Waals surface area (Å²) in [7, 11) is 1.19. The monoisotopic (exact) mass is 445 g/mol. The number of aryl methyl sites for hydroxylation is 1. The number of amides is 1. The predicted molar refractivity (Wildman–Crippen MR) is 113 cm³/mol. The van der Waals surface area contributed by atoms with E-state index in [0.29, 0.717) is 0 Å². The molecule has 0 radical (unpaired) electrons. The lowest BCUT2D eigenvalue weighted by atomic mass is 10.1. The van der Waals surface area contributed by atoms with Crippen molar-refractivity contribution in [3.8, 4) is 5.75 Å². The summed E-state index contributed by atoms with van der Waals surface area (Å²) in [6.45, 7) is 1.64. The van der Waals surface area contributed by atoms with E-state index < -0.39 is 23.7 Å². The molecule has 5 nitrogen and oxygen atoms in total. The van der Waals surface area contributed by atoms with Gasteiger partial charge in [0.15, 0.2) is 0 Å². The molecular formula is C23H18ClF2NO4. The SMILES string of the molecule is COC(=O)c1ccc(CN(C(=O)Oc2ccc(C)cc2)c2ccc(F)c(Cl)c2)c(F)c1. The molecule has 0 aliphatic heterocycles. The Morgan fingerprint density at radius 2 is 1.68 bits per heavy atom. The molecule has 0 fully saturated rings. The molecule has 1 amide bonds. The quantitative estimate of drug-likeness (QED) is 0.457. The molecule has 31 heavy (non-hydrogen) atoms. The molecule has 0 aliphatic carbocycles. The second-order valence-electron chi connectivity index (χ2n) is 6.66. The minimum atomic E-state index is -0.817. The largest absolute Gasteiger partial charge is 0.465 e. The Morgan fingerprint density at radius 1 is 0.968 bits per heavy atom. The van der Waals surface area contributed by atoms with Crippen LogP contribution in [0.2, 0.25) is 5.02 Å². The average molecular weight is 446 g/mol. The second-order valence-corrected chi connectivity index (χ2v) is 7.07. The Labute approximate surface area is 182 Å². The summed E-state index contributed by atoms with van der Waals surface area (Å²) < 4.78 is 38.2. The van der Waals surface area contributed by atoms with Crippen molar-refractivity contribution in [3.63, 3.8) is 0 Å². The van der Waals surface area contributed by atoms with Crippen LogP contribution in [0.3, 0.4) is 0 Å². The molecule has 0 aromatic heterocycles. The van der Waals surface area contributed by atoms with Gasteiger partial charge in [0, 0.05) is 11.3 Å². The third kappa shape index (κ3) is 5.38. The number of hydrogen-bond acceptors (Lipinski definition) is 4. The van der Waals surface area contributed by atoms with Gasteiger partial charge in [0.1, 0.15) is 17.4 Å². The van der Waals surface area contributed by atoms with Crippen molar-refractivity contribution in [1.29, 1.82) is 0 Å². The van der Waals surface area contributed by atoms with Crippen LogP contribution in [0.4, 0.5) is 19.3 Å². The van der Waals surface area contributed by atoms with Crippen LogP contribution in [0.5, 0.6) is 5.75 Å². The molecule has 0 atom stereocenters. The third-order valence-corrected chi connectivity index (χ3v) is 4.75. The number of methoxy groups -OCH3 is 1.